The summed E-state index contributed by atoms with van der Waals surface area (Å²) in [4.78, 5) is 0. The van der Waals surface area contributed by atoms with Crippen LogP contribution >= 0.6 is 0 Å². The first-order valence-electron chi connectivity index (χ1n) is 3.63. The molecule has 1 fully saturated rings. The lowest BCUT2D eigenvalue weighted by molar-refractivity contribution is -0.775. The van der Waals surface area contributed by atoms with E-state index in [1.54, 1.807) is 0 Å². The number of quaternary nitrogens is 1. The fourth-order valence-electron chi connectivity index (χ4n) is 1.70. The van der Waals surface area contributed by atoms with Gasteiger partial charge in [0.15, 0.2) is 0 Å². The molecule has 3 radical (unpaired) electrons. The van der Waals surface area contributed by atoms with Crippen LogP contribution in [-0.4, -0.2) is 25.5 Å². The fourth-order valence-corrected chi connectivity index (χ4v) is 1.70. The second-order valence-corrected chi connectivity index (χ2v) is 3.23. The van der Waals surface area contributed by atoms with Gasteiger partial charge in [-0.15, -0.1) is 0 Å². The van der Waals surface area contributed by atoms with E-state index in [0.29, 0.717) is 4.39 Å². The molecule has 2 bridgehead atoms. The molecule has 1 saturated heterocycles. The van der Waals surface area contributed by atoms with Crippen molar-refractivity contribution >= 4 is 7.98 Å². The number of rotatable bonds is 0. The zero-order valence-corrected chi connectivity index (χ0v) is 5.59. The molecule has 0 aromatic heterocycles. The molecular formula is C7H11BN. The maximum Gasteiger partial charge on any atom is 0.0411 e. The van der Waals surface area contributed by atoms with Crippen LogP contribution in [-0.2, 0) is 0 Å². The Bertz CT molecular complexity index is 145. The van der Waals surface area contributed by atoms with Gasteiger partial charge in [0.1, 0.15) is 0 Å². The molecule has 0 aromatic carbocycles. The zero-order chi connectivity index (χ0) is 6.32. The highest BCUT2D eigenvalue weighted by Crippen LogP contribution is 2.28. The molecule has 3 rings (SSSR count). The van der Waals surface area contributed by atoms with Crippen molar-refractivity contribution in [3.05, 3.63) is 12.3 Å². The van der Waals surface area contributed by atoms with Gasteiger partial charge >= 0.3 is 0 Å². The van der Waals surface area contributed by atoms with Crippen molar-refractivity contribution in [2.24, 2.45) is 5.92 Å². The molecular weight excluding hydrogens is 109 g/mol. The minimum atomic E-state index is 0.705. The molecule has 3 heterocycles. The highest BCUT2D eigenvalue weighted by molar-refractivity contribution is 5.97. The van der Waals surface area contributed by atoms with E-state index in [9.17, 15) is 0 Å². The van der Waals surface area contributed by atoms with Crippen molar-refractivity contribution in [3.63, 3.8) is 0 Å². The maximum absolute atomic E-state index is 5.95. The molecule has 0 aliphatic carbocycles. The lowest BCUT2D eigenvalue weighted by Crippen LogP contribution is -2.49. The summed E-state index contributed by atoms with van der Waals surface area (Å²) in [6.07, 6.45) is 7.02. The van der Waals surface area contributed by atoms with E-state index in [1.807, 2.05) is 0 Å². The van der Waals surface area contributed by atoms with Gasteiger partial charge < -0.3 is 4.39 Å². The summed E-state index contributed by atoms with van der Waals surface area (Å²) in [5, 5.41) is 0. The Morgan fingerprint density at radius 2 is 2.00 bits per heavy atom. The van der Waals surface area contributed by atoms with Gasteiger partial charge in [-0.3, -0.25) is 0 Å². The quantitative estimate of drug-likeness (QED) is 0.415. The van der Waals surface area contributed by atoms with E-state index in [1.165, 1.54) is 12.8 Å². The maximum atomic E-state index is 5.95. The van der Waals surface area contributed by atoms with Crippen LogP contribution in [0.4, 0.5) is 0 Å². The Labute approximate surface area is 57.4 Å². The second kappa shape index (κ2) is 1.63. The van der Waals surface area contributed by atoms with Crippen LogP contribution in [0.1, 0.15) is 12.8 Å². The highest BCUT2D eigenvalue weighted by atomic mass is 15.3. The molecule has 0 spiro atoms. The van der Waals surface area contributed by atoms with Gasteiger partial charge in [0.2, 0.25) is 0 Å². The number of hydrogen-bond donors (Lipinski definition) is 0. The molecule has 9 heavy (non-hydrogen) atoms. The minimum absolute atomic E-state index is 0.705. The molecule has 3 aliphatic heterocycles. The Kier molecular flexibility index (Phi) is 1.00. The van der Waals surface area contributed by atoms with E-state index in [2.05, 4.69) is 12.3 Å². The van der Waals surface area contributed by atoms with Gasteiger partial charge in [-0.25, -0.2) is 7.98 Å². The summed E-state index contributed by atoms with van der Waals surface area (Å²) in [7, 11) is 5.95. The van der Waals surface area contributed by atoms with E-state index in [4.69, 9.17) is 7.98 Å². The molecule has 0 amide bonds. The van der Waals surface area contributed by atoms with Gasteiger partial charge in [-0.1, -0.05) is 0 Å². The molecule has 0 aromatic rings. The average Bonchev–Trinajstić information content (AvgIpc) is 1.90. The first kappa shape index (κ1) is 5.54. The molecule has 1 nitrogen and oxygen atoms in total. The van der Waals surface area contributed by atoms with Crippen LogP contribution in [0.25, 0.3) is 0 Å². The standard InChI is InChI=1S/C7H11BN/c8-9-4-1-7(2-5-9)3-6-9/h1,4,7H,2-3,5-6H2. The Hall–Kier alpha value is -0.235. The first-order chi connectivity index (χ1) is 4.29. The minimum Gasteiger partial charge on any atom is -0.562 e. The van der Waals surface area contributed by atoms with Crippen LogP contribution in [0.5, 0.6) is 0 Å². The molecule has 3 aliphatic rings. The van der Waals surface area contributed by atoms with E-state index in [0.717, 1.165) is 19.0 Å². The second-order valence-electron chi connectivity index (χ2n) is 3.23. The first-order valence-corrected chi connectivity index (χ1v) is 3.63. The summed E-state index contributed by atoms with van der Waals surface area (Å²) in [5.74, 6) is 0.855. The number of fused-ring (bicyclic) bond motifs is 2. The zero-order valence-electron chi connectivity index (χ0n) is 5.59. The smallest absolute Gasteiger partial charge is 0.0411 e. The molecule has 0 N–H and O–H groups in total. The molecule has 0 saturated carbocycles. The topological polar surface area (TPSA) is 0 Å². The van der Waals surface area contributed by atoms with Crippen LogP contribution < -0.4 is 0 Å². The lowest BCUT2D eigenvalue weighted by Gasteiger charge is -2.53. The van der Waals surface area contributed by atoms with Gasteiger partial charge in [0, 0.05) is 19.3 Å². The number of hydrogen-bond acceptors (Lipinski definition) is 0. The summed E-state index contributed by atoms with van der Waals surface area (Å²) < 4.78 is 0.705. The van der Waals surface area contributed by atoms with Gasteiger partial charge in [-0.05, 0) is 24.8 Å². The molecule has 0 unspecified atom stereocenters. The molecule has 47 valence electrons. The van der Waals surface area contributed by atoms with Gasteiger partial charge in [0.05, 0.1) is 0 Å². The number of allylic oxidation sites excluding steroid dienone is 1. The van der Waals surface area contributed by atoms with Crippen molar-refractivity contribution in [3.8, 4) is 0 Å². The summed E-state index contributed by atoms with van der Waals surface area (Å²) in [5.41, 5.74) is 0. The normalized spacial score (nSPS) is 47.9. The highest BCUT2D eigenvalue weighted by Gasteiger charge is 2.24. The Morgan fingerprint density at radius 3 is 2.22 bits per heavy atom. The molecule has 0 atom stereocenters. The van der Waals surface area contributed by atoms with E-state index < -0.39 is 0 Å². The third-order valence-corrected chi connectivity index (χ3v) is 2.49. The third kappa shape index (κ3) is 0.818. The van der Waals surface area contributed by atoms with Gasteiger partial charge in [-0.2, -0.15) is 0 Å². The number of nitrogens with zero attached hydrogens (tertiary/aromatic N) is 1. The predicted molar refractivity (Wildman–Crippen MR) is 37.6 cm³/mol. The largest absolute Gasteiger partial charge is 0.562 e. The van der Waals surface area contributed by atoms with Crippen LogP contribution in [0.15, 0.2) is 12.3 Å². The van der Waals surface area contributed by atoms with Crippen LogP contribution in [0, 0.1) is 5.92 Å². The summed E-state index contributed by atoms with van der Waals surface area (Å²) >= 11 is 0. The number of piperidine rings is 1. The van der Waals surface area contributed by atoms with Crippen molar-refractivity contribution in [1.82, 2.24) is 0 Å². The Balaban J connectivity index is 2.28. The van der Waals surface area contributed by atoms with E-state index >= 15 is 0 Å². The third-order valence-electron chi connectivity index (χ3n) is 2.49. The average molecular weight is 120 g/mol. The van der Waals surface area contributed by atoms with E-state index in [-0.39, 0.29) is 0 Å². The predicted octanol–water partition coefficient (Wildman–Crippen LogP) is 0.824. The summed E-state index contributed by atoms with van der Waals surface area (Å²) in [6.45, 7) is 2.31. The van der Waals surface area contributed by atoms with Crippen LogP contribution in [0.3, 0.4) is 0 Å². The monoisotopic (exact) mass is 120 g/mol. The van der Waals surface area contributed by atoms with Gasteiger partial charge in [0.25, 0.3) is 0 Å². The fraction of sp³-hybridized carbons (Fsp3) is 0.714. The van der Waals surface area contributed by atoms with Crippen molar-refractivity contribution in [1.29, 1.82) is 0 Å². The summed E-state index contributed by atoms with van der Waals surface area (Å²) in [6, 6.07) is 0. The van der Waals surface area contributed by atoms with Crippen LogP contribution in [0.2, 0.25) is 0 Å². The SMILES string of the molecule is [B-][N+]12C=CC(CC1)CC2. The van der Waals surface area contributed by atoms with Crippen molar-refractivity contribution in [2.45, 2.75) is 12.8 Å². The Morgan fingerprint density at radius 1 is 1.33 bits per heavy atom. The van der Waals surface area contributed by atoms with Crippen molar-refractivity contribution in [2.75, 3.05) is 13.1 Å². The lowest BCUT2D eigenvalue weighted by atomic mass is 9.88. The molecule has 2 heteroatoms. The van der Waals surface area contributed by atoms with Crippen molar-refractivity contribution < 1.29 is 4.39 Å².